The topological polar surface area (TPSA) is 6.48 Å². The summed E-state index contributed by atoms with van der Waals surface area (Å²) < 4.78 is 0. The first kappa shape index (κ1) is 20.7. The van der Waals surface area contributed by atoms with Gasteiger partial charge in [-0.1, -0.05) is 24.3 Å². The Morgan fingerprint density at radius 3 is 1.00 bits per heavy atom. The summed E-state index contributed by atoms with van der Waals surface area (Å²) in [5.74, 6) is 0. The first-order chi connectivity index (χ1) is 7.61. The van der Waals surface area contributed by atoms with Crippen LogP contribution in [0.25, 0.3) is 0 Å². The van der Waals surface area contributed by atoms with Gasteiger partial charge in [0.25, 0.3) is 0 Å². The fourth-order valence-electron chi connectivity index (χ4n) is 2.05. The van der Waals surface area contributed by atoms with Crippen molar-refractivity contribution in [2.45, 2.75) is 37.8 Å². The molecule has 0 heterocycles. The molecule has 0 aromatic heterocycles. The molecule has 0 amide bonds. The molecule has 0 radical (unpaired) electrons. The van der Waals surface area contributed by atoms with E-state index < -0.39 is 0 Å². The largest absolute Gasteiger partial charge is 0.306 e. The number of rotatable bonds is 2. The lowest BCUT2D eigenvalue weighted by molar-refractivity contribution is 0.287. The minimum atomic E-state index is 0. The molecule has 2 nitrogen and oxygen atoms in total. The maximum atomic E-state index is 2.35. The second-order valence-corrected chi connectivity index (χ2v) is 5.12. The zero-order chi connectivity index (χ0) is 12.0. The van der Waals surface area contributed by atoms with Crippen LogP contribution in [0.1, 0.15) is 25.7 Å². The van der Waals surface area contributed by atoms with Crippen LogP contribution in [0.2, 0.25) is 0 Å². The van der Waals surface area contributed by atoms with E-state index >= 15 is 0 Å². The molecule has 0 N–H and O–H groups in total. The minimum Gasteiger partial charge on any atom is -0.306 e. The number of hydrogen-bond donors (Lipinski definition) is 0. The van der Waals surface area contributed by atoms with Gasteiger partial charge in [-0.15, -0.1) is 34.0 Å². The molecule has 18 heavy (non-hydrogen) atoms. The Bertz CT molecular complexity index is 208. The number of nitrogens with zero attached hydrogens (tertiary/aromatic N) is 2. The molecule has 0 spiro atoms. The van der Waals surface area contributed by atoms with Crippen molar-refractivity contribution < 1.29 is 0 Å². The molecule has 0 saturated heterocycles. The summed E-state index contributed by atoms with van der Waals surface area (Å²) in [7, 11) is 8.67. The van der Waals surface area contributed by atoms with E-state index in [-0.39, 0.29) is 34.0 Å². The molecule has 4 heteroatoms. The van der Waals surface area contributed by atoms with Gasteiger partial charge >= 0.3 is 0 Å². The van der Waals surface area contributed by atoms with Crippen LogP contribution >= 0.6 is 34.0 Å². The monoisotopic (exact) mass is 382 g/mol. The van der Waals surface area contributed by atoms with E-state index in [2.05, 4.69) is 62.3 Å². The molecule has 0 aromatic rings. The maximum absolute atomic E-state index is 2.35. The number of hydrogen-bond acceptors (Lipinski definition) is 2. The van der Waals surface area contributed by atoms with Crippen molar-refractivity contribution in [2.75, 3.05) is 28.2 Å². The molecule has 0 unspecified atom stereocenters. The Kier molecular flexibility index (Phi) is 12.9. The van der Waals surface area contributed by atoms with Crippen LogP contribution < -0.4 is 0 Å². The SMILES string of the molecule is Br.Br.CN(C)C1C/C=C\CC(N(C)C)C/C=C\C1. The van der Waals surface area contributed by atoms with Crippen LogP contribution in [0.5, 0.6) is 0 Å². The summed E-state index contributed by atoms with van der Waals surface area (Å²) in [5, 5.41) is 0. The second-order valence-electron chi connectivity index (χ2n) is 5.12. The average Bonchev–Trinajstić information content (AvgIpc) is 2.24. The van der Waals surface area contributed by atoms with Crippen LogP contribution in [0.15, 0.2) is 24.3 Å². The van der Waals surface area contributed by atoms with Crippen LogP contribution in [-0.2, 0) is 0 Å². The van der Waals surface area contributed by atoms with Crippen molar-refractivity contribution in [3.63, 3.8) is 0 Å². The van der Waals surface area contributed by atoms with E-state index in [0.717, 1.165) is 25.7 Å². The van der Waals surface area contributed by atoms with Gasteiger partial charge in [-0.25, -0.2) is 0 Å². The van der Waals surface area contributed by atoms with Gasteiger partial charge in [0.1, 0.15) is 0 Å². The van der Waals surface area contributed by atoms with E-state index in [1.807, 2.05) is 0 Å². The van der Waals surface area contributed by atoms with E-state index in [9.17, 15) is 0 Å². The van der Waals surface area contributed by atoms with Gasteiger partial charge in [0.2, 0.25) is 0 Å². The van der Waals surface area contributed by atoms with Gasteiger partial charge in [0, 0.05) is 12.1 Å². The van der Waals surface area contributed by atoms with Crippen molar-refractivity contribution in [3.05, 3.63) is 24.3 Å². The third-order valence-electron chi connectivity index (χ3n) is 3.43. The molecule has 108 valence electrons. The van der Waals surface area contributed by atoms with Gasteiger partial charge in [-0.05, 0) is 53.9 Å². The Morgan fingerprint density at radius 2 is 0.833 bits per heavy atom. The van der Waals surface area contributed by atoms with Crippen molar-refractivity contribution >= 4 is 34.0 Å². The summed E-state index contributed by atoms with van der Waals surface area (Å²) in [6, 6.07) is 1.31. The van der Waals surface area contributed by atoms with Crippen molar-refractivity contribution in [1.82, 2.24) is 9.80 Å². The zero-order valence-electron chi connectivity index (χ0n) is 12.0. The van der Waals surface area contributed by atoms with Crippen LogP contribution in [-0.4, -0.2) is 50.1 Å². The zero-order valence-corrected chi connectivity index (χ0v) is 15.4. The van der Waals surface area contributed by atoms with Crippen molar-refractivity contribution in [1.29, 1.82) is 0 Å². The van der Waals surface area contributed by atoms with Gasteiger partial charge in [-0.2, -0.15) is 0 Å². The normalized spacial score (nSPS) is 28.1. The first-order valence-electron chi connectivity index (χ1n) is 6.24. The quantitative estimate of drug-likeness (QED) is 0.671. The molecule has 0 saturated carbocycles. The first-order valence-corrected chi connectivity index (χ1v) is 6.24. The third kappa shape index (κ3) is 7.72. The minimum absolute atomic E-state index is 0. The highest BCUT2D eigenvalue weighted by atomic mass is 79.9. The van der Waals surface area contributed by atoms with Crippen LogP contribution in [0.4, 0.5) is 0 Å². The molecule has 0 atom stereocenters. The lowest BCUT2D eigenvalue weighted by Gasteiger charge is -2.24. The standard InChI is InChI=1S/C14H26N2.2BrH/c1-15(2)13-9-5-7-11-14(16(3)4)12-8-6-10-13;;/h5-8,13-14H,9-12H2,1-4H3;2*1H/b7-5-,8-6-;;. The highest BCUT2D eigenvalue weighted by Gasteiger charge is 2.11. The maximum Gasteiger partial charge on any atom is 0.0158 e. The van der Waals surface area contributed by atoms with Gasteiger partial charge in [0.05, 0.1) is 0 Å². The van der Waals surface area contributed by atoms with Crippen LogP contribution in [0.3, 0.4) is 0 Å². The molecule has 1 aliphatic rings. The summed E-state index contributed by atoms with van der Waals surface area (Å²) in [6.45, 7) is 0. The molecule has 0 aromatic carbocycles. The lowest BCUT2D eigenvalue weighted by atomic mass is 10.0. The Balaban J connectivity index is 0. The predicted molar refractivity (Wildman–Crippen MR) is 92.3 cm³/mol. The Morgan fingerprint density at radius 1 is 0.611 bits per heavy atom. The predicted octanol–water partition coefficient (Wildman–Crippen LogP) is 3.69. The van der Waals surface area contributed by atoms with E-state index in [4.69, 9.17) is 0 Å². The fourth-order valence-corrected chi connectivity index (χ4v) is 2.05. The third-order valence-corrected chi connectivity index (χ3v) is 3.43. The van der Waals surface area contributed by atoms with Gasteiger partial charge in [-0.3, -0.25) is 0 Å². The smallest absolute Gasteiger partial charge is 0.0158 e. The molecule has 0 aliphatic heterocycles. The van der Waals surface area contributed by atoms with Crippen molar-refractivity contribution in [2.24, 2.45) is 0 Å². The summed E-state index contributed by atoms with van der Waals surface area (Å²) in [4.78, 5) is 4.64. The Labute approximate surface area is 134 Å². The van der Waals surface area contributed by atoms with E-state index in [1.165, 1.54) is 0 Å². The highest BCUT2D eigenvalue weighted by Crippen LogP contribution is 2.13. The molecule has 1 rings (SSSR count). The fraction of sp³-hybridized carbons (Fsp3) is 0.714. The van der Waals surface area contributed by atoms with Gasteiger partial charge < -0.3 is 9.80 Å². The molecule has 1 aliphatic carbocycles. The second kappa shape index (κ2) is 11.2. The van der Waals surface area contributed by atoms with E-state index in [0.29, 0.717) is 12.1 Å². The van der Waals surface area contributed by atoms with Gasteiger partial charge in [0.15, 0.2) is 0 Å². The molecule has 0 fully saturated rings. The Hall–Kier alpha value is 0.360. The molecular weight excluding hydrogens is 356 g/mol. The van der Waals surface area contributed by atoms with Crippen molar-refractivity contribution in [3.8, 4) is 0 Å². The van der Waals surface area contributed by atoms with Crippen LogP contribution in [0, 0.1) is 0 Å². The lowest BCUT2D eigenvalue weighted by Crippen LogP contribution is -2.28. The highest BCUT2D eigenvalue weighted by molar-refractivity contribution is 8.93. The van der Waals surface area contributed by atoms with E-state index in [1.54, 1.807) is 0 Å². The average molecular weight is 384 g/mol. The number of halogens is 2. The molecular formula is C14H28Br2N2. The summed E-state index contributed by atoms with van der Waals surface area (Å²) in [6.07, 6.45) is 14.0. The molecule has 0 bridgehead atoms. The summed E-state index contributed by atoms with van der Waals surface area (Å²) >= 11 is 0. The summed E-state index contributed by atoms with van der Waals surface area (Å²) in [5.41, 5.74) is 0.